The molecule has 0 spiro atoms. The molecule has 1 atom stereocenters. The lowest BCUT2D eigenvalue weighted by Gasteiger charge is -2.15. The summed E-state index contributed by atoms with van der Waals surface area (Å²) in [5.41, 5.74) is 1.39. The van der Waals surface area contributed by atoms with Gasteiger partial charge in [-0.25, -0.2) is 4.98 Å². The summed E-state index contributed by atoms with van der Waals surface area (Å²) < 4.78 is 0. The van der Waals surface area contributed by atoms with Gasteiger partial charge in [0.25, 0.3) is 0 Å². The lowest BCUT2D eigenvalue weighted by molar-refractivity contribution is 0.561. The van der Waals surface area contributed by atoms with Crippen molar-refractivity contribution in [1.82, 2.24) is 15.3 Å². The van der Waals surface area contributed by atoms with Gasteiger partial charge in [-0.15, -0.1) is 0 Å². The first-order chi connectivity index (χ1) is 6.57. The molecule has 2 heterocycles. The van der Waals surface area contributed by atoms with Crippen molar-refractivity contribution in [2.75, 3.05) is 6.54 Å². The summed E-state index contributed by atoms with van der Waals surface area (Å²) in [5, 5.41) is 3.44. The normalized spacial score (nSPS) is 22.9. The van der Waals surface area contributed by atoms with Crippen LogP contribution in [0, 0.1) is 0 Å². The van der Waals surface area contributed by atoms with E-state index in [0.29, 0.717) is 6.04 Å². The predicted octanol–water partition coefficient (Wildman–Crippen LogP) is 2.13. The summed E-state index contributed by atoms with van der Waals surface area (Å²) in [6, 6.07) is 0.450. The maximum Gasteiger partial charge on any atom is 0.123 e. The van der Waals surface area contributed by atoms with Crippen LogP contribution in [0.15, 0.2) is 6.20 Å². The van der Waals surface area contributed by atoms with Crippen LogP contribution in [0.4, 0.5) is 0 Å². The molecule has 0 radical (unpaired) electrons. The predicted molar refractivity (Wildman–Crippen MR) is 57.3 cm³/mol. The van der Waals surface area contributed by atoms with Crippen LogP contribution < -0.4 is 5.32 Å². The highest BCUT2D eigenvalue weighted by Crippen LogP contribution is 2.24. The summed E-state index contributed by atoms with van der Waals surface area (Å²) in [5.74, 6) is 1.10. The van der Waals surface area contributed by atoms with Crippen molar-refractivity contribution in [3.8, 4) is 0 Å². The van der Waals surface area contributed by atoms with Crippen molar-refractivity contribution in [3.05, 3.63) is 17.7 Å². The summed E-state index contributed by atoms with van der Waals surface area (Å²) in [6.45, 7) is 7.72. The second-order valence-electron chi connectivity index (χ2n) is 5.08. The third-order valence-corrected chi connectivity index (χ3v) is 2.79. The highest BCUT2D eigenvalue weighted by Gasteiger charge is 2.22. The number of aromatic amines is 1. The lowest BCUT2D eigenvalue weighted by Crippen LogP contribution is -2.15. The van der Waals surface area contributed by atoms with E-state index in [1.54, 1.807) is 0 Å². The Morgan fingerprint density at radius 2 is 2.21 bits per heavy atom. The zero-order valence-corrected chi connectivity index (χ0v) is 9.22. The Kier molecular flexibility index (Phi) is 2.35. The molecule has 3 heteroatoms. The molecule has 78 valence electrons. The first-order valence-electron chi connectivity index (χ1n) is 5.36. The van der Waals surface area contributed by atoms with E-state index in [4.69, 9.17) is 0 Å². The van der Waals surface area contributed by atoms with Crippen LogP contribution >= 0.6 is 0 Å². The number of rotatable bonds is 1. The zero-order valence-electron chi connectivity index (χ0n) is 9.22. The maximum atomic E-state index is 4.45. The van der Waals surface area contributed by atoms with Gasteiger partial charge in [0.1, 0.15) is 5.82 Å². The van der Waals surface area contributed by atoms with E-state index in [0.717, 1.165) is 12.4 Å². The van der Waals surface area contributed by atoms with E-state index in [1.807, 2.05) is 6.20 Å². The molecule has 1 aromatic heterocycles. The Balaban J connectivity index is 2.17. The van der Waals surface area contributed by atoms with Crippen LogP contribution in [0.1, 0.15) is 51.2 Å². The number of aromatic nitrogens is 2. The Labute approximate surface area is 85.3 Å². The minimum atomic E-state index is 0.170. The third-order valence-electron chi connectivity index (χ3n) is 2.79. The molecule has 2 N–H and O–H groups in total. The number of H-pyrrole nitrogens is 1. The molecule has 1 aromatic rings. The van der Waals surface area contributed by atoms with Crippen LogP contribution in [-0.2, 0) is 5.41 Å². The fourth-order valence-electron chi connectivity index (χ4n) is 1.81. The topological polar surface area (TPSA) is 40.7 Å². The van der Waals surface area contributed by atoms with Gasteiger partial charge < -0.3 is 10.3 Å². The Morgan fingerprint density at radius 3 is 2.71 bits per heavy atom. The molecule has 0 bridgehead atoms. The van der Waals surface area contributed by atoms with Crippen LogP contribution in [0.3, 0.4) is 0 Å². The molecule has 0 amide bonds. The van der Waals surface area contributed by atoms with Gasteiger partial charge in [0.15, 0.2) is 0 Å². The first-order valence-corrected chi connectivity index (χ1v) is 5.36. The van der Waals surface area contributed by atoms with Gasteiger partial charge in [0.2, 0.25) is 0 Å². The highest BCUT2D eigenvalue weighted by molar-refractivity contribution is 5.13. The largest absolute Gasteiger partial charge is 0.344 e. The quantitative estimate of drug-likeness (QED) is 0.717. The summed E-state index contributed by atoms with van der Waals surface area (Å²) in [6.07, 6.45) is 4.43. The highest BCUT2D eigenvalue weighted by atomic mass is 15.0. The Hall–Kier alpha value is -0.830. The third kappa shape index (κ3) is 1.82. The molecule has 0 saturated carbocycles. The van der Waals surface area contributed by atoms with E-state index in [1.165, 1.54) is 18.5 Å². The minimum absolute atomic E-state index is 0.170. The molecule has 1 fully saturated rings. The second kappa shape index (κ2) is 3.39. The summed E-state index contributed by atoms with van der Waals surface area (Å²) >= 11 is 0. The SMILES string of the molecule is CC(C)(C)c1cnc([C@H]2CCCN2)[nH]1. The Bertz CT molecular complexity index is 303. The average molecular weight is 193 g/mol. The fraction of sp³-hybridized carbons (Fsp3) is 0.727. The standard InChI is InChI=1S/C11H19N3/c1-11(2,3)9-7-13-10(14-9)8-5-4-6-12-8/h7-8,12H,4-6H2,1-3H3,(H,13,14)/t8-/m1/s1. The lowest BCUT2D eigenvalue weighted by atomic mass is 9.93. The average Bonchev–Trinajstić information content (AvgIpc) is 2.73. The second-order valence-corrected chi connectivity index (χ2v) is 5.08. The smallest absolute Gasteiger partial charge is 0.123 e. The van der Waals surface area contributed by atoms with Crippen LogP contribution in [0.25, 0.3) is 0 Å². The van der Waals surface area contributed by atoms with Crippen molar-refractivity contribution in [2.45, 2.75) is 45.1 Å². The van der Waals surface area contributed by atoms with E-state index < -0.39 is 0 Å². The zero-order chi connectivity index (χ0) is 10.2. The van der Waals surface area contributed by atoms with E-state index in [-0.39, 0.29) is 5.41 Å². The van der Waals surface area contributed by atoms with Crippen LogP contribution in [0.2, 0.25) is 0 Å². The maximum absolute atomic E-state index is 4.45. The van der Waals surface area contributed by atoms with Gasteiger partial charge in [0, 0.05) is 17.3 Å². The van der Waals surface area contributed by atoms with Gasteiger partial charge >= 0.3 is 0 Å². The van der Waals surface area contributed by atoms with E-state index in [9.17, 15) is 0 Å². The van der Waals surface area contributed by atoms with Crippen LogP contribution in [0.5, 0.6) is 0 Å². The summed E-state index contributed by atoms with van der Waals surface area (Å²) in [4.78, 5) is 7.87. The van der Waals surface area contributed by atoms with Gasteiger partial charge in [-0.3, -0.25) is 0 Å². The molecular weight excluding hydrogens is 174 g/mol. The minimum Gasteiger partial charge on any atom is -0.344 e. The van der Waals surface area contributed by atoms with Crippen molar-refractivity contribution in [2.24, 2.45) is 0 Å². The number of hydrogen-bond acceptors (Lipinski definition) is 2. The van der Waals surface area contributed by atoms with Crippen molar-refractivity contribution in [3.63, 3.8) is 0 Å². The molecule has 2 rings (SSSR count). The van der Waals surface area contributed by atoms with Crippen molar-refractivity contribution in [1.29, 1.82) is 0 Å². The number of nitrogens with zero attached hydrogens (tertiary/aromatic N) is 1. The van der Waals surface area contributed by atoms with Crippen LogP contribution in [-0.4, -0.2) is 16.5 Å². The molecule has 0 unspecified atom stereocenters. The number of imidazole rings is 1. The molecule has 1 aliphatic heterocycles. The van der Waals surface area contributed by atoms with Gasteiger partial charge in [0.05, 0.1) is 6.04 Å². The fourth-order valence-corrected chi connectivity index (χ4v) is 1.81. The first kappa shape index (κ1) is 9.71. The van der Waals surface area contributed by atoms with Gasteiger partial charge in [-0.2, -0.15) is 0 Å². The van der Waals surface area contributed by atoms with Gasteiger partial charge in [-0.05, 0) is 19.4 Å². The van der Waals surface area contributed by atoms with Crippen molar-refractivity contribution >= 4 is 0 Å². The number of nitrogens with one attached hydrogen (secondary N) is 2. The van der Waals surface area contributed by atoms with E-state index in [2.05, 4.69) is 36.1 Å². The Morgan fingerprint density at radius 1 is 1.43 bits per heavy atom. The molecule has 1 aliphatic rings. The molecule has 0 aromatic carbocycles. The molecule has 14 heavy (non-hydrogen) atoms. The van der Waals surface area contributed by atoms with E-state index >= 15 is 0 Å². The number of hydrogen-bond donors (Lipinski definition) is 2. The monoisotopic (exact) mass is 193 g/mol. The van der Waals surface area contributed by atoms with Gasteiger partial charge in [-0.1, -0.05) is 20.8 Å². The molecule has 1 saturated heterocycles. The van der Waals surface area contributed by atoms with Crippen molar-refractivity contribution < 1.29 is 0 Å². The molecule has 0 aliphatic carbocycles. The summed E-state index contributed by atoms with van der Waals surface area (Å²) in [7, 11) is 0. The molecular formula is C11H19N3. The molecule has 3 nitrogen and oxygen atoms in total.